The van der Waals surface area contributed by atoms with E-state index in [1.54, 1.807) is 29.2 Å². The van der Waals surface area contributed by atoms with Crippen LogP contribution in [0.3, 0.4) is 0 Å². The van der Waals surface area contributed by atoms with Crippen molar-refractivity contribution in [2.24, 2.45) is 0 Å². The molecular weight excluding hydrogens is 444 g/mol. The lowest BCUT2D eigenvalue weighted by molar-refractivity contribution is 0.136. The number of methoxy groups -OCH3 is 2. The van der Waals surface area contributed by atoms with Gasteiger partial charge in [0.15, 0.2) is 0 Å². The molecule has 0 saturated carbocycles. The van der Waals surface area contributed by atoms with Crippen LogP contribution in [0.4, 0.5) is 10.5 Å². The van der Waals surface area contributed by atoms with Gasteiger partial charge in [-0.3, -0.25) is 4.90 Å². The maximum atomic E-state index is 13.3. The van der Waals surface area contributed by atoms with Gasteiger partial charge in [0.25, 0.3) is 0 Å². The van der Waals surface area contributed by atoms with Crippen molar-refractivity contribution in [2.45, 2.75) is 30.4 Å². The molecule has 1 saturated heterocycles. The van der Waals surface area contributed by atoms with Crippen LogP contribution in [0.1, 0.15) is 18.4 Å². The number of halogens is 1. The second-order valence-electron chi connectivity index (χ2n) is 7.31. The Morgan fingerprint density at radius 3 is 2.52 bits per heavy atom. The van der Waals surface area contributed by atoms with Gasteiger partial charge >= 0.3 is 6.09 Å². The number of rotatable bonds is 5. The molecule has 0 N–H and O–H groups in total. The first kappa shape index (κ1) is 21.7. The molecule has 166 valence electrons. The van der Waals surface area contributed by atoms with Gasteiger partial charge in [-0.05, 0) is 37.1 Å². The first-order valence-electron chi connectivity index (χ1n) is 9.82. The molecule has 2 aliphatic heterocycles. The molecule has 2 heterocycles. The third-order valence-corrected chi connectivity index (χ3v) is 7.94. The molecule has 4 rings (SSSR count). The summed E-state index contributed by atoms with van der Waals surface area (Å²) in [5.74, 6) is 0.685. The molecule has 0 radical (unpaired) electrons. The van der Waals surface area contributed by atoms with Crippen molar-refractivity contribution in [3.8, 4) is 11.5 Å². The number of nitrogens with zero attached hydrogens (tertiary/aromatic N) is 2. The molecule has 2 aromatic carbocycles. The lowest BCUT2D eigenvalue weighted by Crippen LogP contribution is -2.50. The average Bonchev–Trinajstić information content (AvgIpc) is 2.78. The summed E-state index contributed by atoms with van der Waals surface area (Å²) >= 11 is 6.27. The Morgan fingerprint density at radius 1 is 1.10 bits per heavy atom. The number of carbonyl (C=O) groups is 1. The summed E-state index contributed by atoms with van der Waals surface area (Å²) in [6.45, 7) is 0.646. The van der Waals surface area contributed by atoms with E-state index in [4.69, 9.17) is 25.8 Å². The van der Waals surface area contributed by atoms with Crippen molar-refractivity contribution in [3.05, 3.63) is 47.0 Å². The first-order valence-corrected chi connectivity index (χ1v) is 11.6. The van der Waals surface area contributed by atoms with E-state index in [-0.39, 0.29) is 36.4 Å². The van der Waals surface area contributed by atoms with Crippen LogP contribution in [0.2, 0.25) is 5.02 Å². The van der Waals surface area contributed by atoms with Gasteiger partial charge in [-0.2, -0.15) is 4.31 Å². The number of ether oxygens (including phenoxy) is 3. The number of cyclic esters (lactones) is 1. The predicted octanol–water partition coefficient (Wildman–Crippen LogP) is 3.67. The number of fused-ring (bicyclic) bond motifs is 1. The molecule has 0 bridgehead atoms. The minimum absolute atomic E-state index is 0.0577. The molecule has 10 heteroatoms. The Balaban J connectivity index is 1.56. The van der Waals surface area contributed by atoms with Gasteiger partial charge in [-0.25, -0.2) is 13.2 Å². The van der Waals surface area contributed by atoms with Crippen LogP contribution in [-0.2, 0) is 21.4 Å². The van der Waals surface area contributed by atoms with E-state index in [1.165, 1.54) is 24.6 Å². The molecule has 1 amide bonds. The molecule has 0 unspecified atom stereocenters. The summed E-state index contributed by atoms with van der Waals surface area (Å²) in [7, 11) is -0.894. The number of hydrogen-bond acceptors (Lipinski definition) is 6. The zero-order valence-electron chi connectivity index (χ0n) is 17.2. The Hall–Kier alpha value is -2.49. The largest absolute Gasteiger partial charge is 0.497 e. The number of amides is 1. The van der Waals surface area contributed by atoms with Crippen LogP contribution in [0.25, 0.3) is 0 Å². The SMILES string of the molecule is COc1ccc(OC)c(S(=O)(=O)N2CCC(N3C(=O)OCc4c(Cl)cccc43)CC2)c1. The van der Waals surface area contributed by atoms with Crippen LogP contribution in [0.5, 0.6) is 11.5 Å². The van der Waals surface area contributed by atoms with Crippen LogP contribution in [0, 0.1) is 0 Å². The van der Waals surface area contributed by atoms with Crippen LogP contribution < -0.4 is 14.4 Å². The fourth-order valence-corrected chi connectivity index (χ4v) is 5.89. The van der Waals surface area contributed by atoms with Gasteiger partial charge in [-0.15, -0.1) is 0 Å². The third kappa shape index (κ3) is 3.93. The van der Waals surface area contributed by atoms with E-state index in [2.05, 4.69) is 0 Å². The molecule has 0 atom stereocenters. The number of hydrogen-bond donors (Lipinski definition) is 0. The van der Waals surface area contributed by atoms with Gasteiger partial charge in [0.1, 0.15) is 23.0 Å². The van der Waals surface area contributed by atoms with Gasteiger partial charge in [0.05, 0.1) is 19.9 Å². The van der Waals surface area contributed by atoms with Gasteiger partial charge < -0.3 is 14.2 Å². The first-order chi connectivity index (χ1) is 14.9. The summed E-state index contributed by atoms with van der Waals surface area (Å²) in [5.41, 5.74) is 1.49. The molecule has 8 nitrogen and oxygen atoms in total. The summed E-state index contributed by atoms with van der Waals surface area (Å²) in [4.78, 5) is 14.2. The van der Waals surface area contributed by atoms with E-state index < -0.39 is 16.1 Å². The van der Waals surface area contributed by atoms with Crippen LogP contribution >= 0.6 is 11.6 Å². The van der Waals surface area contributed by atoms with Crippen molar-refractivity contribution >= 4 is 33.4 Å². The number of anilines is 1. The molecule has 1 fully saturated rings. The van der Waals surface area contributed by atoms with Crippen molar-refractivity contribution < 1.29 is 27.4 Å². The monoisotopic (exact) mass is 466 g/mol. The fourth-order valence-electron chi connectivity index (χ4n) is 4.03. The summed E-state index contributed by atoms with van der Waals surface area (Å²) in [6.07, 6.45) is 0.490. The van der Waals surface area contributed by atoms with Crippen molar-refractivity contribution in [3.63, 3.8) is 0 Å². The van der Waals surface area contributed by atoms with Gasteiger partial charge in [-0.1, -0.05) is 17.7 Å². The highest BCUT2D eigenvalue weighted by molar-refractivity contribution is 7.89. The number of benzene rings is 2. The minimum atomic E-state index is -3.80. The predicted molar refractivity (Wildman–Crippen MR) is 115 cm³/mol. The number of sulfonamides is 1. The molecule has 2 aromatic rings. The minimum Gasteiger partial charge on any atom is -0.497 e. The third-order valence-electron chi connectivity index (χ3n) is 5.67. The molecule has 0 aliphatic carbocycles. The van der Waals surface area contributed by atoms with Gasteiger partial charge in [0.2, 0.25) is 10.0 Å². The van der Waals surface area contributed by atoms with E-state index in [1.807, 2.05) is 6.07 Å². The quantitative estimate of drug-likeness (QED) is 0.668. The van der Waals surface area contributed by atoms with E-state index >= 15 is 0 Å². The van der Waals surface area contributed by atoms with Crippen molar-refractivity contribution in [1.29, 1.82) is 0 Å². The lowest BCUT2D eigenvalue weighted by Gasteiger charge is -2.40. The zero-order valence-corrected chi connectivity index (χ0v) is 18.8. The summed E-state index contributed by atoms with van der Waals surface area (Å²) < 4.78 is 43.7. The van der Waals surface area contributed by atoms with Crippen molar-refractivity contribution in [1.82, 2.24) is 4.31 Å². The normalized spacial score (nSPS) is 17.8. The second kappa shape index (κ2) is 8.57. The summed E-state index contributed by atoms with van der Waals surface area (Å²) in [5, 5.41) is 0.542. The molecule has 2 aliphatic rings. The lowest BCUT2D eigenvalue weighted by atomic mass is 10.0. The molecule has 0 aromatic heterocycles. The van der Waals surface area contributed by atoms with E-state index in [0.29, 0.717) is 23.6 Å². The van der Waals surface area contributed by atoms with Crippen molar-refractivity contribution in [2.75, 3.05) is 32.2 Å². The van der Waals surface area contributed by atoms with E-state index in [9.17, 15) is 13.2 Å². The average molecular weight is 467 g/mol. The Kier molecular flexibility index (Phi) is 6.00. The second-order valence-corrected chi connectivity index (χ2v) is 9.63. The number of piperidine rings is 1. The van der Waals surface area contributed by atoms with Gasteiger partial charge in [0, 0.05) is 35.8 Å². The smallest absolute Gasteiger partial charge is 0.414 e. The standard InChI is InChI=1S/C21H23ClN2O6S/c1-28-15-6-7-19(29-2)20(12-15)31(26,27)23-10-8-14(9-11-23)24-18-5-3-4-17(22)16(18)13-30-21(24)25/h3-7,12,14H,8-11,13H2,1-2H3. The summed E-state index contributed by atoms with van der Waals surface area (Å²) in [6, 6.07) is 9.88. The molecule has 31 heavy (non-hydrogen) atoms. The Labute approximate surface area is 186 Å². The maximum absolute atomic E-state index is 13.3. The maximum Gasteiger partial charge on any atom is 0.414 e. The highest BCUT2D eigenvalue weighted by atomic mass is 35.5. The van der Waals surface area contributed by atoms with Crippen LogP contribution in [-0.4, -0.2) is 52.2 Å². The number of carbonyl (C=O) groups excluding carboxylic acids is 1. The van der Waals surface area contributed by atoms with E-state index in [0.717, 1.165) is 11.3 Å². The highest BCUT2D eigenvalue weighted by Gasteiger charge is 2.38. The zero-order chi connectivity index (χ0) is 22.2. The fraction of sp³-hybridized carbons (Fsp3) is 0.381. The molecular formula is C21H23ClN2O6S. The Bertz CT molecular complexity index is 1100. The molecule has 0 spiro atoms. The van der Waals surface area contributed by atoms with Crippen LogP contribution in [0.15, 0.2) is 41.3 Å². The Morgan fingerprint density at radius 2 is 1.84 bits per heavy atom. The topological polar surface area (TPSA) is 85.4 Å². The highest BCUT2D eigenvalue weighted by Crippen LogP contribution is 2.37.